The van der Waals surface area contributed by atoms with Crippen LogP contribution in [0, 0.1) is 0 Å². The van der Waals surface area contributed by atoms with E-state index in [0.29, 0.717) is 23.7 Å². The van der Waals surface area contributed by atoms with Gasteiger partial charge >= 0.3 is 0 Å². The van der Waals surface area contributed by atoms with Gasteiger partial charge < -0.3 is 9.88 Å². The smallest absolute Gasteiger partial charge is 0.232 e. The predicted octanol–water partition coefficient (Wildman–Crippen LogP) is 4.04. The molecule has 0 atom stereocenters. The molecule has 2 aromatic carbocycles. The van der Waals surface area contributed by atoms with Gasteiger partial charge in [-0.25, -0.2) is 13.4 Å². The van der Waals surface area contributed by atoms with Crippen molar-refractivity contribution in [2.24, 2.45) is 0 Å². The fraction of sp³-hybridized carbons (Fsp3) is 0.238. The normalized spacial score (nSPS) is 11.3. The van der Waals surface area contributed by atoms with Gasteiger partial charge in [-0.15, -0.1) is 0 Å². The van der Waals surface area contributed by atoms with Crippen LogP contribution in [0.3, 0.4) is 0 Å². The third-order valence-corrected chi connectivity index (χ3v) is 6.31. The van der Waals surface area contributed by atoms with Crippen molar-refractivity contribution >= 4 is 44.8 Å². The molecule has 1 N–H and O–H groups in total. The van der Waals surface area contributed by atoms with Crippen molar-refractivity contribution < 1.29 is 13.2 Å². The highest BCUT2D eigenvalue weighted by molar-refractivity contribution is 7.92. The summed E-state index contributed by atoms with van der Waals surface area (Å²) >= 11 is 12.1. The highest BCUT2D eigenvalue weighted by Crippen LogP contribution is 2.30. The van der Waals surface area contributed by atoms with E-state index in [4.69, 9.17) is 23.2 Å². The second-order valence-electron chi connectivity index (χ2n) is 6.95. The van der Waals surface area contributed by atoms with Crippen LogP contribution in [0.15, 0.2) is 61.2 Å². The number of sulfonamides is 1. The first kappa shape index (κ1) is 23.1. The van der Waals surface area contributed by atoms with Crippen molar-refractivity contribution in [1.29, 1.82) is 0 Å². The van der Waals surface area contributed by atoms with Gasteiger partial charge in [-0.05, 0) is 42.3 Å². The Kier molecular flexibility index (Phi) is 7.59. The average molecular weight is 481 g/mol. The number of carbonyl (C=O) groups is 1. The summed E-state index contributed by atoms with van der Waals surface area (Å²) in [5, 5.41) is 3.51. The molecule has 0 aliphatic rings. The molecule has 0 bridgehead atoms. The Balaban J connectivity index is 1.52. The highest BCUT2D eigenvalue weighted by Gasteiger charge is 2.20. The van der Waals surface area contributed by atoms with Gasteiger partial charge in [-0.2, -0.15) is 0 Å². The predicted molar refractivity (Wildman–Crippen MR) is 123 cm³/mol. The van der Waals surface area contributed by atoms with Crippen LogP contribution in [0.2, 0.25) is 10.0 Å². The molecule has 1 aromatic heterocycles. The van der Waals surface area contributed by atoms with E-state index < -0.39 is 10.0 Å². The molecule has 0 aliphatic heterocycles. The molecular weight excluding hydrogens is 459 g/mol. The van der Waals surface area contributed by atoms with Crippen molar-refractivity contribution in [3.8, 4) is 5.69 Å². The number of benzene rings is 2. The minimum Gasteiger partial charge on any atom is -0.352 e. The summed E-state index contributed by atoms with van der Waals surface area (Å²) in [6.45, 7) is 0.505. The third-order valence-electron chi connectivity index (χ3n) is 4.57. The maximum atomic E-state index is 12.2. The lowest BCUT2D eigenvalue weighted by molar-refractivity contribution is -0.121. The summed E-state index contributed by atoms with van der Waals surface area (Å²) in [4.78, 5) is 16.2. The maximum Gasteiger partial charge on any atom is 0.232 e. The molecule has 0 radical (unpaired) electrons. The number of hydrogen-bond donors (Lipinski definition) is 1. The summed E-state index contributed by atoms with van der Waals surface area (Å²) in [7, 11) is -3.58. The van der Waals surface area contributed by atoms with Crippen LogP contribution < -0.4 is 9.62 Å². The van der Waals surface area contributed by atoms with Crippen LogP contribution in [-0.2, 0) is 21.4 Å². The van der Waals surface area contributed by atoms with E-state index in [9.17, 15) is 13.2 Å². The molecule has 164 valence electrons. The minimum atomic E-state index is -3.58. The van der Waals surface area contributed by atoms with E-state index >= 15 is 0 Å². The van der Waals surface area contributed by atoms with Gasteiger partial charge in [0, 0.05) is 42.6 Å². The second-order valence-corrected chi connectivity index (χ2v) is 9.70. The molecule has 1 heterocycles. The van der Waals surface area contributed by atoms with E-state index in [2.05, 4.69) is 10.3 Å². The Morgan fingerprint density at radius 1 is 1.16 bits per heavy atom. The molecule has 0 saturated carbocycles. The van der Waals surface area contributed by atoms with Crippen LogP contribution in [0.25, 0.3) is 5.69 Å². The zero-order chi connectivity index (χ0) is 22.4. The molecule has 3 rings (SSSR count). The number of imidazole rings is 1. The Morgan fingerprint density at radius 2 is 1.90 bits per heavy atom. The van der Waals surface area contributed by atoms with Crippen LogP contribution in [0.5, 0.6) is 0 Å². The summed E-state index contributed by atoms with van der Waals surface area (Å²) in [5.41, 5.74) is 2.24. The second kappa shape index (κ2) is 10.2. The largest absolute Gasteiger partial charge is 0.352 e. The van der Waals surface area contributed by atoms with Crippen molar-refractivity contribution in [1.82, 2.24) is 14.9 Å². The number of nitrogens with one attached hydrogen (secondary N) is 1. The highest BCUT2D eigenvalue weighted by atomic mass is 35.5. The van der Waals surface area contributed by atoms with E-state index in [1.54, 1.807) is 24.7 Å². The number of nitrogens with zero attached hydrogens (tertiary/aromatic N) is 3. The van der Waals surface area contributed by atoms with Gasteiger partial charge in [0.15, 0.2) is 0 Å². The molecule has 0 unspecified atom stereocenters. The van der Waals surface area contributed by atoms with Crippen molar-refractivity contribution in [2.45, 2.75) is 19.4 Å². The first-order valence-electron chi connectivity index (χ1n) is 9.51. The zero-order valence-corrected chi connectivity index (χ0v) is 19.2. The molecule has 10 heteroatoms. The lowest BCUT2D eigenvalue weighted by atomic mass is 10.2. The Hall–Kier alpha value is -2.55. The van der Waals surface area contributed by atoms with Gasteiger partial charge in [0.25, 0.3) is 0 Å². The van der Waals surface area contributed by atoms with Gasteiger partial charge in [-0.3, -0.25) is 9.10 Å². The molecule has 0 spiro atoms. The molecule has 3 aromatic rings. The van der Waals surface area contributed by atoms with Gasteiger partial charge in [-0.1, -0.05) is 35.3 Å². The number of hydrogen-bond acceptors (Lipinski definition) is 4. The topological polar surface area (TPSA) is 84.3 Å². The number of aromatic nitrogens is 2. The fourth-order valence-corrected chi connectivity index (χ4v) is 4.42. The quantitative estimate of drug-likeness (QED) is 0.500. The van der Waals surface area contributed by atoms with E-state index in [-0.39, 0.29) is 23.9 Å². The summed E-state index contributed by atoms with van der Waals surface area (Å²) in [6.07, 6.45) is 6.88. The summed E-state index contributed by atoms with van der Waals surface area (Å²) in [5.74, 6) is -0.163. The molecule has 7 nitrogen and oxygen atoms in total. The van der Waals surface area contributed by atoms with E-state index in [1.165, 1.54) is 10.4 Å². The molecule has 31 heavy (non-hydrogen) atoms. The molecular formula is C21H22Cl2N4O3S. The summed E-state index contributed by atoms with van der Waals surface area (Å²) in [6, 6.07) is 12.4. The number of amides is 1. The number of rotatable bonds is 9. The summed E-state index contributed by atoms with van der Waals surface area (Å²) < 4.78 is 27.5. The van der Waals surface area contributed by atoms with Gasteiger partial charge in [0.1, 0.15) is 0 Å². The first-order valence-corrected chi connectivity index (χ1v) is 12.1. The van der Waals surface area contributed by atoms with Gasteiger partial charge in [0.05, 0.1) is 23.3 Å². The van der Waals surface area contributed by atoms with Crippen molar-refractivity contribution in [3.05, 3.63) is 76.8 Å². The Morgan fingerprint density at radius 3 is 2.55 bits per heavy atom. The average Bonchev–Trinajstić information content (AvgIpc) is 3.26. The third kappa shape index (κ3) is 6.46. The first-order chi connectivity index (χ1) is 14.7. The SMILES string of the molecule is CS(=O)(=O)N(CCCC(=O)NCc1ccc(-n2ccnc2)cc1)c1cc(Cl)ccc1Cl. The van der Waals surface area contributed by atoms with E-state index in [1.807, 2.05) is 35.0 Å². The minimum absolute atomic E-state index is 0.117. The number of anilines is 1. The molecule has 0 saturated heterocycles. The number of halogens is 2. The molecule has 0 aliphatic carbocycles. The van der Waals surface area contributed by atoms with Crippen LogP contribution in [0.4, 0.5) is 5.69 Å². The molecule has 0 fully saturated rings. The zero-order valence-electron chi connectivity index (χ0n) is 16.8. The lowest BCUT2D eigenvalue weighted by Gasteiger charge is -2.23. The van der Waals surface area contributed by atoms with Crippen molar-refractivity contribution in [2.75, 3.05) is 17.1 Å². The van der Waals surface area contributed by atoms with Crippen LogP contribution in [-0.4, -0.2) is 36.7 Å². The van der Waals surface area contributed by atoms with Gasteiger partial charge in [0.2, 0.25) is 15.9 Å². The maximum absolute atomic E-state index is 12.2. The standard InChI is InChI=1S/C21H22Cl2N4O3S/c1-31(29,30)27(20-13-17(22)6-9-19(20)23)11-2-3-21(28)25-14-16-4-7-18(8-5-16)26-12-10-24-15-26/h4-10,12-13,15H,2-3,11,14H2,1H3,(H,25,28). The number of carbonyl (C=O) groups excluding carboxylic acids is 1. The monoisotopic (exact) mass is 480 g/mol. The Labute approximate surface area is 191 Å². The van der Waals surface area contributed by atoms with Crippen molar-refractivity contribution in [3.63, 3.8) is 0 Å². The Bertz CT molecular complexity index is 1130. The van der Waals surface area contributed by atoms with Crippen LogP contribution in [0.1, 0.15) is 18.4 Å². The van der Waals surface area contributed by atoms with E-state index in [0.717, 1.165) is 17.5 Å². The molecule has 1 amide bonds. The lowest BCUT2D eigenvalue weighted by Crippen LogP contribution is -2.32. The van der Waals surface area contributed by atoms with Crippen LogP contribution >= 0.6 is 23.2 Å². The fourth-order valence-electron chi connectivity index (χ4n) is 3.01.